The molecule has 1 fully saturated rings. The maximum absolute atomic E-state index is 12.6. The van der Waals surface area contributed by atoms with Crippen molar-refractivity contribution in [1.29, 1.82) is 0 Å². The van der Waals surface area contributed by atoms with E-state index in [0.29, 0.717) is 24.7 Å². The largest absolute Gasteiger partial charge is 0.464 e. The van der Waals surface area contributed by atoms with E-state index < -0.39 is 11.6 Å². The highest BCUT2D eigenvalue weighted by molar-refractivity contribution is 6.31. The van der Waals surface area contributed by atoms with Gasteiger partial charge < -0.3 is 19.1 Å². The Hall–Kier alpha value is -1.79. The molecule has 1 aliphatic heterocycles. The number of hydrogen-bond donors (Lipinski definition) is 0. The summed E-state index contributed by atoms with van der Waals surface area (Å²) in [6.07, 6.45) is 1.01. The molecule has 0 unspecified atom stereocenters. The molecule has 1 aromatic rings. The van der Waals surface area contributed by atoms with Crippen molar-refractivity contribution < 1.29 is 23.8 Å². The Bertz CT molecular complexity index is 716. The Morgan fingerprint density at radius 2 is 2.03 bits per heavy atom. The number of nitrogens with zero attached hydrogens (tertiary/aromatic N) is 1. The molecule has 6 nitrogen and oxygen atoms in total. The van der Waals surface area contributed by atoms with E-state index in [0.717, 1.165) is 24.0 Å². The van der Waals surface area contributed by atoms with Crippen LogP contribution in [0.5, 0.6) is 0 Å². The lowest BCUT2D eigenvalue weighted by Gasteiger charge is -2.38. The minimum absolute atomic E-state index is 0.0165. The second kappa shape index (κ2) is 10.3. The monoisotopic (exact) mass is 425 g/mol. The molecule has 1 amide bonds. The lowest BCUT2D eigenvalue weighted by molar-refractivity contribution is -0.152. The molecule has 2 atom stereocenters. The minimum atomic E-state index is -0.548. The van der Waals surface area contributed by atoms with Crippen molar-refractivity contribution in [3.8, 4) is 0 Å². The molecule has 1 aromatic carbocycles. The van der Waals surface area contributed by atoms with Crippen LogP contribution in [0.1, 0.15) is 57.8 Å². The molecule has 1 aliphatic rings. The maximum atomic E-state index is 12.6. The third-order valence-corrected chi connectivity index (χ3v) is 5.25. The van der Waals surface area contributed by atoms with Crippen molar-refractivity contribution in [1.82, 2.24) is 4.90 Å². The van der Waals surface area contributed by atoms with Gasteiger partial charge in [-0.05, 0) is 64.7 Å². The van der Waals surface area contributed by atoms with Crippen LogP contribution in [0.2, 0.25) is 5.02 Å². The van der Waals surface area contributed by atoms with Gasteiger partial charge in [0.05, 0.1) is 12.7 Å². The molecular weight excluding hydrogens is 394 g/mol. The predicted molar refractivity (Wildman–Crippen MR) is 112 cm³/mol. The Morgan fingerprint density at radius 3 is 2.69 bits per heavy atom. The molecule has 0 aliphatic carbocycles. The Kier molecular flexibility index (Phi) is 8.34. The third kappa shape index (κ3) is 6.89. The van der Waals surface area contributed by atoms with Gasteiger partial charge in [0.25, 0.3) is 0 Å². The van der Waals surface area contributed by atoms with E-state index >= 15 is 0 Å². The zero-order chi connectivity index (χ0) is 21.6. The highest BCUT2D eigenvalue weighted by Crippen LogP contribution is 2.36. The molecule has 162 valence electrons. The van der Waals surface area contributed by atoms with Crippen molar-refractivity contribution in [3.63, 3.8) is 0 Å². The number of halogens is 1. The lowest BCUT2D eigenvalue weighted by atomic mass is 9.86. The Balaban J connectivity index is 2.21. The number of piperidine rings is 1. The topological polar surface area (TPSA) is 65.1 Å². The van der Waals surface area contributed by atoms with Crippen LogP contribution in [0, 0.1) is 12.8 Å². The normalized spacial score (nSPS) is 18.3. The number of amides is 1. The quantitative estimate of drug-likeness (QED) is 0.605. The van der Waals surface area contributed by atoms with Crippen molar-refractivity contribution in [2.24, 2.45) is 5.92 Å². The molecule has 0 aromatic heterocycles. The summed E-state index contributed by atoms with van der Waals surface area (Å²) >= 11 is 6.33. The molecule has 0 bridgehead atoms. The molecule has 0 spiro atoms. The van der Waals surface area contributed by atoms with Gasteiger partial charge in [-0.2, -0.15) is 0 Å². The molecule has 0 N–H and O–H groups in total. The zero-order valence-electron chi connectivity index (χ0n) is 18.0. The van der Waals surface area contributed by atoms with Gasteiger partial charge in [0.1, 0.15) is 12.2 Å². The van der Waals surface area contributed by atoms with Crippen LogP contribution in [-0.4, -0.2) is 48.9 Å². The van der Waals surface area contributed by atoms with E-state index in [2.05, 4.69) is 0 Å². The number of rotatable bonds is 6. The first kappa shape index (κ1) is 23.5. The van der Waals surface area contributed by atoms with Gasteiger partial charge in [-0.25, -0.2) is 9.59 Å². The number of ether oxygens (including phenoxy) is 3. The van der Waals surface area contributed by atoms with Gasteiger partial charge in [0.2, 0.25) is 0 Å². The Morgan fingerprint density at radius 1 is 1.31 bits per heavy atom. The van der Waals surface area contributed by atoms with Crippen LogP contribution >= 0.6 is 11.6 Å². The van der Waals surface area contributed by atoms with Gasteiger partial charge in [0.15, 0.2) is 0 Å². The third-order valence-electron chi connectivity index (χ3n) is 4.84. The van der Waals surface area contributed by atoms with Crippen LogP contribution < -0.4 is 0 Å². The molecule has 2 rings (SSSR count). The van der Waals surface area contributed by atoms with Gasteiger partial charge in [0, 0.05) is 24.0 Å². The highest BCUT2D eigenvalue weighted by Gasteiger charge is 2.34. The Labute approximate surface area is 178 Å². The number of likely N-dealkylation sites (tertiary alicyclic amines) is 1. The fourth-order valence-electron chi connectivity index (χ4n) is 3.52. The second-order valence-corrected chi connectivity index (χ2v) is 8.73. The lowest BCUT2D eigenvalue weighted by Crippen LogP contribution is -2.44. The van der Waals surface area contributed by atoms with Crippen molar-refractivity contribution in [2.75, 3.05) is 26.3 Å². The van der Waals surface area contributed by atoms with Crippen molar-refractivity contribution in [3.05, 3.63) is 34.3 Å². The summed E-state index contributed by atoms with van der Waals surface area (Å²) in [5.41, 5.74) is 1.29. The summed E-state index contributed by atoms with van der Waals surface area (Å²) in [6.45, 7) is 10.6. The van der Waals surface area contributed by atoms with Crippen molar-refractivity contribution >= 4 is 23.7 Å². The number of hydrogen-bond acceptors (Lipinski definition) is 5. The van der Waals surface area contributed by atoms with Crippen LogP contribution in [0.4, 0.5) is 4.79 Å². The van der Waals surface area contributed by atoms with Crippen LogP contribution in [0.25, 0.3) is 0 Å². The molecule has 1 saturated heterocycles. The molecule has 0 saturated carbocycles. The summed E-state index contributed by atoms with van der Waals surface area (Å²) in [7, 11) is 0. The minimum Gasteiger partial charge on any atom is -0.464 e. The molecule has 1 heterocycles. The zero-order valence-corrected chi connectivity index (χ0v) is 18.8. The van der Waals surface area contributed by atoms with E-state index in [9.17, 15) is 9.59 Å². The second-order valence-electron chi connectivity index (χ2n) is 8.32. The summed E-state index contributed by atoms with van der Waals surface area (Å²) in [5.74, 6) is -0.389. The number of benzene rings is 1. The standard InChI is InChI=1S/C22H32ClNO5/c1-6-27-19(25)14-28-20(17-10-7-11-18(23)15(17)2)16-9-8-12-24(13-16)21(26)29-22(3,4)5/h7,10-11,16,20H,6,8-9,12-14H2,1-5H3/t16-,20-/m1/s1. The van der Waals surface area contributed by atoms with Gasteiger partial charge >= 0.3 is 12.1 Å². The summed E-state index contributed by atoms with van der Waals surface area (Å²) in [4.78, 5) is 26.2. The van der Waals surface area contributed by atoms with Crippen LogP contribution in [0.3, 0.4) is 0 Å². The smallest absolute Gasteiger partial charge is 0.410 e. The molecular formula is C22H32ClNO5. The van der Waals surface area contributed by atoms with E-state index in [1.54, 1.807) is 11.8 Å². The van der Waals surface area contributed by atoms with Crippen LogP contribution in [-0.2, 0) is 19.0 Å². The van der Waals surface area contributed by atoms with E-state index in [-0.39, 0.29) is 24.7 Å². The predicted octanol–water partition coefficient (Wildman–Crippen LogP) is 4.92. The van der Waals surface area contributed by atoms with E-state index in [4.69, 9.17) is 25.8 Å². The number of carbonyl (C=O) groups excluding carboxylic acids is 2. The average molecular weight is 426 g/mol. The first-order chi connectivity index (χ1) is 13.6. The van der Waals surface area contributed by atoms with Gasteiger partial charge in [-0.1, -0.05) is 23.7 Å². The van der Waals surface area contributed by atoms with Gasteiger partial charge in [-0.15, -0.1) is 0 Å². The molecule has 7 heteroatoms. The summed E-state index contributed by atoms with van der Waals surface area (Å²) in [5, 5.41) is 0.645. The first-order valence-corrected chi connectivity index (χ1v) is 10.5. The number of esters is 1. The number of carbonyl (C=O) groups is 2. The SMILES string of the molecule is CCOC(=O)CO[C@@H](c1cccc(Cl)c1C)[C@@H]1CCCN(C(=O)OC(C)(C)C)C1. The molecule has 29 heavy (non-hydrogen) atoms. The highest BCUT2D eigenvalue weighted by atomic mass is 35.5. The average Bonchev–Trinajstić information content (AvgIpc) is 2.64. The van der Waals surface area contributed by atoms with Crippen molar-refractivity contribution in [2.45, 2.75) is 59.2 Å². The van der Waals surface area contributed by atoms with Crippen LogP contribution in [0.15, 0.2) is 18.2 Å². The fraction of sp³-hybridized carbons (Fsp3) is 0.636. The fourth-order valence-corrected chi connectivity index (χ4v) is 3.70. The summed E-state index contributed by atoms with van der Waals surface area (Å²) in [6, 6.07) is 5.67. The van der Waals surface area contributed by atoms with Gasteiger partial charge in [-0.3, -0.25) is 0 Å². The first-order valence-electron chi connectivity index (χ1n) is 10.1. The summed E-state index contributed by atoms with van der Waals surface area (Å²) < 4.78 is 16.6. The van der Waals surface area contributed by atoms with E-state index in [1.807, 2.05) is 45.9 Å². The van der Waals surface area contributed by atoms with E-state index in [1.165, 1.54) is 0 Å². The maximum Gasteiger partial charge on any atom is 0.410 e. The molecule has 0 radical (unpaired) electrons.